The van der Waals surface area contributed by atoms with E-state index in [0.717, 1.165) is 42.7 Å². The van der Waals surface area contributed by atoms with Crippen LogP contribution < -0.4 is 4.18 Å². The van der Waals surface area contributed by atoms with E-state index in [0.29, 0.717) is 44.2 Å². The third-order valence-corrected chi connectivity index (χ3v) is 13.2. The van der Waals surface area contributed by atoms with Gasteiger partial charge in [-0.05, 0) is 139 Å². The number of aromatic nitrogens is 4. The van der Waals surface area contributed by atoms with Crippen LogP contribution in [0.1, 0.15) is 94.8 Å². The summed E-state index contributed by atoms with van der Waals surface area (Å²) in [6, 6.07) is 24.2. The topological polar surface area (TPSA) is 177 Å². The second kappa shape index (κ2) is 23.2. The van der Waals surface area contributed by atoms with Crippen LogP contribution in [0.4, 0.5) is 22.0 Å². The second-order valence-electron chi connectivity index (χ2n) is 18.9. The number of carboxylic acids is 1. The summed E-state index contributed by atoms with van der Waals surface area (Å²) in [6.07, 6.45) is 0.686. The number of nitrogens with zero attached hydrogens (tertiary/aromatic N) is 4. The Morgan fingerprint density at radius 2 is 1.09 bits per heavy atom. The minimum Gasteiger partial charge on any atom is -0.479 e. The molecule has 0 radical (unpaired) electrons. The molecule has 398 valence electrons. The van der Waals surface area contributed by atoms with Gasteiger partial charge in [0, 0.05) is 71.2 Å². The Morgan fingerprint density at radius 3 is 1.61 bits per heavy atom. The van der Waals surface area contributed by atoms with Gasteiger partial charge in [-0.1, -0.05) is 56.0 Å². The Balaban J connectivity index is 0.000000215. The minimum atomic E-state index is -5.96. The molecule has 0 aliphatic carbocycles. The number of carbonyl (C=O) groups excluding carboxylic acids is 1. The van der Waals surface area contributed by atoms with Crippen LogP contribution in [0.3, 0.4) is 0 Å². The number of fused-ring (bicyclic) bond motifs is 4. The lowest BCUT2D eigenvalue weighted by Crippen LogP contribution is -2.29. The lowest BCUT2D eigenvalue weighted by atomic mass is 9.88. The Bertz CT molecular complexity index is 3570. The van der Waals surface area contributed by atoms with Crippen LogP contribution in [0.2, 0.25) is 0 Å². The van der Waals surface area contributed by atoms with Gasteiger partial charge < -0.3 is 23.5 Å². The fourth-order valence-corrected chi connectivity index (χ4v) is 9.62. The third-order valence-electron chi connectivity index (χ3n) is 11.1. The van der Waals surface area contributed by atoms with Crippen molar-refractivity contribution in [1.82, 2.24) is 19.9 Å². The van der Waals surface area contributed by atoms with Gasteiger partial charge in [0.15, 0.2) is 18.0 Å². The first kappa shape index (κ1) is 59.4. The van der Waals surface area contributed by atoms with E-state index in [-0.39, 0.29) is 18.5 Å². The van der Waals surface area contributed by atoms with Crippen molar-refractivity contribution in [2.24, 2.45) is 0 Å². The molecule has 1 N–H and O–H groups in total. The molecule has 4 aromatic heterocycles. The number of para-hydroxylation sites is 2. The van der Waals surface area contributed by atoms with Gasteiger partial charge in [-0.2, -0.15) is 21.6 Å². The van der Waals surface area contributed by atoms with Crippen LogP contribution in [0.25, 0.3) is 54.7 Å². The molecule has 0 amide bonds. The van der Waals surface area contributed by atoms with Crippen molar-refractivity contribution in [2.75, 3.05) is 7.11 Å². The number of hydrogen-bond acceptors (Lipinski definition) is 12. The van der Waals surface area contributed by atoms with Gasteiger partial charge in [0.05, 0.1) is 34.9 Å². The highest BCUT2D eigenvalue weighted by Gasteiger charge is 2.49. The molecule has 0 bridgehead atoms. The quantitative estimate of drug-likeness (QED) is 0.0475. The summed E-state index contributed by atoms with van der Waals surface area (Å²) in [5.41, 5.74) is -0.911. The summed E-state index contributed by atoms with van der Waals surface area (Å²) in [7, 11) is -4.58. The van der Waals surface area contributed by atoms with Gasteiger partial charge in [-0.15, -0.1) is 0 Å². The summed E-state index contributed by atoms with van der Waals surface area (Å²) in [5, 5.41) is 12.9. The molecule has 0 unspecified atom stereocenters. The van der Waals surface area contributed by atoms with Gasteiger partial charge in [0.2, 0.25) is 5.75 Å². The highest BCUT2D eigenvalue weighted by molar-refractivity contribution is 14.1. The standard InChI is InChI=1S/C26H25FN2O3.C17H20INO3.C11H7F4NO3S.CH4/c1-14-13-18(27)22(23-16(14)10-8-12-28-23)21-17-9-6-7-11-19(17)29-15(2)20(21)24(25(30)31)32-26(3,4)5;1-10-13(15(16(20)21-5)22-17(2,3)4)14(18)11-8-6-7-9-12(11)19-10;1-6-5-8(12)10(9-7(6)3-2-4-16-9)19-20(17,18)11(13,14)15;/h6-13,24H,1-5H3,(H,30,31);6-9,15H,1-5H3;2-5H,1H3;1H4/t24-;15-;;/m00../s1. The van der Waals surface area contributed by atoms with Crippen molar-refractivity contribution in [1.29, 1.82) is 0 Å². The predicted octanol–water partition coefficient (Wildman–Crippen LogP) is 13.9. The van der Waals surface area contributed by atoms with Gasteiger partial charge in [0.25, 0.3) is 0 Å². The van der Waals surface area contributed by atoms with E-state index in [2.05, 4.69) is 46.7 Å². The van der Waals surface area contributed by atoms with E-state index in [9.17, 15) is 40.7 Å². The van der Waals surface area contributed by atoms with E-state index < -0.39 is 68.4 Å². The second-order valence-corrected chi connectivity index (χ2v) is 21.5. The zero-order valence-corrected chi connectivity index (χ0v) is 45.0. The molecule has 0 aliphatic rings. The van der Waals surface area contributed by atoms with Crippen molar-refractivity contribution in [3.63, 3.8) is 0 Å². The van der Waals surface area contributed by atoms with Gasteiger partial charge in [-0.25, -0.2) is 18.4 Å². The first-order valence-corrected chi connectivity index (χ1v) is 25.1. The van der Waals surface area contributed by atoms with E-state index in [1.54, 1.807) is 40.0 Å². The maximum absolute atomic E-state index is 15.7. The highest BCUT2D eigenvalue weighted by atomic mass is 127. The average Bonchev–Trinajstić information content (AvgIpc) is 3.31. The monoisotopic (exact) mass is 1170 g/mol. The number of rotatable bonds is 9. The maximum Gasteiger partial charge on any atom is 0.534 e. The van der Waals surface area contributed by atoms with Crippen LogP contribution in [0.5, 0.6) is 5.75 Å². The number of esters is 1. The summed E-state index contributed by atoms with van der Waals surface area (Å²) in [6.45, 7) is 18.1. The normalized spacial score (nSPS) is 12.8. The summed E-state index contributed by atoms with van der Waals surface area (Å²) < 4.78 is 110. The molecule has 0 spiro atoms. The number of ether oxygens (including phenoxy) is 3. The Morgan fingerprint density at radius 1 is 0.640 bits per heavy atom. The fraction of sp³-hybridized carbons (Fsp3) is 0.309. The zero-order chi connectivity index (χ0) is 54.8. The van der Waals surface area contributed by atoms with Gasteiger partial charge in [-0.3, -0.25) is 19.9 Å². The number of hydrogen-bond donors (Lipinski definition) is 1. The molecular weight excluding hydrogens is 1110 g/mol. The maximum atomic E-state index is 15.7. The van der Waals surface area contributed by atoms with Crippen LogP contribution in [-0.2, 0) is 33.9 Å². The highest BCUT2D eigenvalue weighted by Crippen LogP contribution is 2.43. The van der Waals surface area contributed by atoms with Crippen molar-refractivity contribution in [3.05, 3.63) is 146 Å². The van der Waals surface area contributed by atoms with Gasteiger partial charge >= 0.3 is 27.6 Å². The van der Waals surface area contributed by atoms with Crippen LogP contribution in [0, 0.1) is 42.9 Å². The number of methoxy groups -OCH3 is 1. The number of halogens is 6. The van der Waals surface area contributed by atoms with Crippen molar-refractivity contribution in [3.8, 4) is 16.9 Å². The van der Waals surface area contributed by atoms with E-state index in [1.807, 2.05) is 89.2 Å². The fourth-order valence-electron chi connectivity index (χ4n) is 8.02. The van der Waals surface area contributed by atoms with Crippen molar-refractivity contribution in [2.45, 2.75) is 106 Å². The third kappa shape index (κ3) is 13.3. The SMILES string of the molecule is C.COC(=O)[C@@H](OC(C)(C)C)c1c(C)nc2ccccc2c1I.Cc1cc(F)c(OS(=O)(=O)C(F)(F)F)c2ncccc12.Cc1nc2ccccc2c(-c2c(F)cc(C)c3cccnc23)c1[C@H](OC(C)(C)C)C(=O)O. The Labute approximate surface area is 445 Å². The lowest BCUT2D eigenvalue weighted by Gasteiger charge is -2.28. The van der Waals surface area contributed by atoms with E-state index >= 15 is 4.39 Å². The molecule has 13 nitrogen and oxygen atoms in total. The van der Waals surface area contributed by atoms with Crippen LogP contribution in [-0.4, -0.2) is 69.2 Å². The van der Waals surface area contributed by atoms with Crippen molar-refractivity contribution < 1.29 is 63.5 Å². The number of alkyl halides is 3. The number of pyridine rings is 4. The molecule has 2 atom stereocenters. The minimum absolute atomic E-state index is 0. The number of aliphatic carboxylic acids is 1. The molecule has 8 rings (SSSR count). The first-order valence-electron chi connectivity index (χ1n) is 22.6. The molecule has 0 saturated heterocycles. The molecule has 0 saturated carbocycles. The number of carboxylic acid groups (broad SMARTS) is 1. The zero-order valence-electron chi connectivity index (χ0n) is 42.1. The molecular formula is C55H56F5IN4O9S. The largest absolute Gasteiger partial charge is 0.534 e. The number of carbonyl (C=O) groups is 2. The summed E-state index contributed by atoms with van der Waals surface area (Å²) >= 11 is 2.25. The molecule has 0 aliphatic heterocycles. The smallest absolute Gasteiger partial charge is 0.479 e. The molecule has 4 heterocycles. The van der Waals surface area contributed by atoms with E-state index in [4.69, 9.17) is 14.2 Å². The Hall–Kier alpha value is -6.49. The average molecular weight is 1170 g/mol. The number of benzene rings is 4. The molecule has 4 aromatic carbocycles. The lowest BCUT2D eigenvalue weighted by molar-refractivity contribution is -0.164. The Kier molecular flexibility index (Phi) is 18.4. The predicted molar refractivity (Wildman–Crippen MR) is 287 cm³/mol. The van der Waals surface area contributed by atoms with Crippen molar-refractivity contribution >= 4 is 88.3 Å². The molecule has 75 heavy (non-hydrogen) atoms. The first-order chi connectivity index (χ1) is 34.5. The van der Waals surface area contributed by atoms with Gasteiger partial charge in [0.1, 0.15) is 11.3 Å². The summed E-state index contributed by atoms with van der Waals surface area (Å²) in [5.74, 6) is -4.34. The molecule has 20 heteroatoms. The molecule has 8 aromatic rings. The van der Waals surface area contributed by atoms with Crippen LogP contribution >= 0.6 is 22.6 Å². The van der Waals surface area contributed by atoms with E-state index in [1.165, 1.54) is 38.4 Å². The van der Waals surface area contributed by atoms with Crippen LogP contribution in [0.15, 0.2) is 97.3 Å². The summed E-state index contributed by atoms with van der Waals surface area (Å²) in [4.78, 5) is 42.0. The number of aryl methyl sites for hydroxylation is 4. The molecule has 0 fully saturated rings.